The number of imidazole rings is 1. The maximum atomic E-state index is 13.0. The summed E-state index contributed by atoms with van der Waals surface area (Å²) in [4.78, 5) is 29.6. The van der Waals surface area contributed by atoms with Crippen molar-refractivity contribution in [2.75, 3.05) is 0 Å². The summed E-state index contributed by atoms with van der Waals surface area (Å²) in [7, 11) is 0. The molecule has 2 aromatic heterocycles. The van der Waals surface area contributed by atoms with Crippen molar-refractivity contribution in [3.63, 3.8) is 0 Å². The predicted octanol–water partition coefficient (Wildman–Crippen LogP) is 5.81. The van der Waals surface area contributed by atoms with Crippen molar-refractivity contribution in [3.8, 4) is 11.1 Å². The molecule has 186 valence electrons. The largest absolute Gasteiger partial charge is 0.478 e. The van der Waals surface area contributed by atoms with Gasteiger partial charge in [0.1, 0.15) is 16.9 Å². The van der Waals surface area contributed by atoms with Crippen LogP contribution in [-0.4, -0.2) is 30.8 Å². The Morgan fingerprint density at radius 3 is 2.30 bits per heavy atom. The fourth-order valence-electron chi connectivity index (χ4n) is 4.79. The molecule has 37 heavy (non-hydrogen) atoms. The highest BCUT2D eigenvalue weighted by atomic mass is 16.4. The number of carboxylic acid groups (broad SMARTS) is 1. The van der Waals surface area contributed by atoms with Crippen molar-refractivity contribution >= 4 is 17.0 Å². The minimum absolute atomic E-state index is 0.0440. The number of carbonyl (C=O) groups is 1. The molecule has 7 heteroatoms. The molecule has 0 saturated carbocycles. The number of hydrogen-bond acceptors (Lipinski definition) is 4. The third kappa shape index (κ3) is 4.56. The van der Waals surface area contributed by atoms with Gasteiger partial charge < -0.3 is 9.67 Å². The lowest BCUT2D eigenvalue weighted by atomic mass is 9.97. The van der Waals surface area contributed by atoms with E-state index in [1.165, 1.54) is 0 Å². The molecular weight excluding hydrogens is 464 g/mol. The van der Waals surface area contributed by atoms with Gasteiger partial charge in [-0.05, 0) is 28.3 Å². The highest BCUT2D eigenvalue weighted by Gasteiger charge is 2.23. The molecule has 0 aliphatic rings. The van der Waals surface area contributed by atoms with Gasteiger partial charge in [-0.1, -0.05) is 93.6 Å². The zero-order valence-corrected chi connectivity index (χ0v) is 21.0. The van der Waals surface area contributed by atoms with Gasteiger partial charge in [-0.15, -0.1) is 0 Å². The van der Waals surface area contributed by atoms with E-state index in [1.54, 1.807) is 18.2 Å². The summed E-state index contributed by atoms with van der Waals surface area (Å²) in [6.07, 6.45) is 0. The molecule has 0 radical (unpaired) electrons. The molecule has 0 amide bonds. The Morgan fingerprint density at radius 1 is 0.946 bits per heavy atom. The van der Waals surface area contributed by atoms with Gasteiger partial charge in [-0.2, -0.15) is 5.10 Å². The van der Waals surface area contributed by atoms with Gasteiger partial charge in [0.15, 0.2) is 0 Å². The molecule has 1 atom stereocenters. The summed E-state index contributed by atoms with van der Waals surface area (Å²) in [6, 6.07) is 24.8. The van der Waals surface area contributed by atoms with Gasteiger partial charge in [0, 0.05) is 18.4 Å². The quantitative estimate of drug-likeness (QED) is 0.299. The lowest BCUT2D eigenvalue weighted by Crippen LogP contribution is -2.17. The molecule has 7 nitrogen and oxygen atoms in total. The fraction of sp³-hybridized carbons (Fsp3) is 0.200. The second-order valence-corrected chi connectivity index (χ2v) is 9.53. The Hall–Kier alpha value is -4.52. The van der Waals surface area contributed by atoms with E-state index >= 15 is 0 Å². The molecule has 0 saturated heterocycles. The molecule has 5 aromatic rings. The zero-order valence-electron chi connectivity index (χ0n) is 21.0. The number of aromatic carboxylic acids is 1. The van der Waals surface area contributed by atoms with Crippen molar-refractivity contribution in [3.05, 3.63) is 117 Å². The van der Waals surface area contributed by atoms with Crippen molar-refractivity contribution in [1.82, 2.24) is 19.7 Å². The normalized spacial score (nSPS) is 12.2. The molecule has 0 spiro atoms. The van der Waals surface area contributed by atoms with Crippen LogP contribution >= 0.6 is 0 Å². The minimum atomic E-state index is -0.959. The van der Waals surface area contributed by atoms with E-state index < -0.39 is 5.97 Å². The summed E-state index contributed by atoms with van der Waals surface area (Å²) in [5.74, 6) is -0.0966. The van der Waals surface area contributed by atoms with Crippen LogP contribution in [0.4, 0.5) is 0 Å². The molecule has 2 heterocycles. The van der Waals surface area contributed by atoms with E-state index in [0.717, 1.165) is 28.2 Å². The molecule has 2 N–H and O–H groups in total. The van der Waals surface area contributed by atoms with Crippen LogP contribution in [0.2, 0.25) is 0 Å². The average Bonchev–Trinajstić information content (AvgIpc) is 3.30. The Bertz CT molecular complexity index is 1630. The Labute approximate surface area is 214 Å². The molecule has 0 aliphatic heterocycles. The standard InChI is InChI=1S/C30H28N4O3/c1-18(2)28-31-26-25(19(3)21-9-5-4-6-10-21)32-33-29(35)27(26)34(28)17-20-13-15-22(16-14-20)23-11-7-8-12-24(23)30(36)37/h4-16,18-19H,17H2,1-3H3,(H,33,35)(H,36,37). The predicted molar refractivity (Wildman–Crippen MR) is 144 cm³/mol. The van der Waals surface area contributed by atoms with Crippen molar-refractivity contribution < 1.29 is 9.90 Å². The molecule has 1 unspecified atom stereocenters. The first kappa shape index (κ1) is 24.2. The van der Waals surface area contributed by atoms with Gasteiger partial charge in [0.25, 0.3) is 5.56 Å². The maximum Gasteiger partial charge on any atom is 0.336 e. The van der Waals surface area contributed by atoms with E-state index in [4.69, 9.17) is 4.98 Å². The lowest BCUT2D eigenvalue weighted by Gasteiger charge is -2.13. The third-order valence-corrected chi connectivity index (χ3v) is 6.72. The lowest BCUT2D eigenvalue weighted by molar-refractivity contribution is 0.0697. The van der Waals surface area contributed by atoms with Crippen LogP contribution in [0.3, 0.4) is 0 Å². The van der Waals surface area contributed by atoms with Gasteiger partial charge in [0.2, 0.25) is 0 Å². The number of nitrogens with zero attached hydrogens (tertiary/aromatic N) is 3. The number of H-pyrrole nitrogens is 1. The second kappa shape index (κ2) is 9.85. The second-order valence-electron chi connectivity index (χ2n) is 9.53. The molecule has 5 rings (SSSR count). The number of nitrogens with one attached hydrogen (secondary N) is 1. The smallest absolute Gasteiger partial charge is 0.336 e. The topological polar surface area (TPSA) is 101 Å². The molecule has 0 aliphatic carbocycles. The monoisotopic (exact) mass is 492 g/mol. The number of fused-ring (bicyclic) bond motifs is 1. The average molecular weight is 493 g/mol. The number of aromatic nitrogens is 4. The maximum absolute atomic E-state index is 13.0. The summed E-state index contributed by atoms with van der Waals surface area (Å²) >= 11 is 0. The third-order valence-electron chi connectivity index (χ3n) is 6.72. The van der Waals surface area contributed by atoms with Crippen molar-refractivity contribution in [1.29, 1.82) is 0 Å². The number of carboxylic acids is 1. The SMILES string of the molecule is CC(C)c1nc2c(C(C)c3ccccc3)n[nH]c(=O)c2n1Cc1ccc(-c2ccccc2C(=O)O)cc1. The Balaban J connectivity index is 1.57. The summed E-state index contributed by atoms with van der Waals surface area (Å²) < 4.78 is 1.97. The van der Waals surface area contributed by atoms with Crippen molar-refractivity contribution in [2.24, 2.45) is 0 Å². The van der Waals surface area contributed by atoms with Crippen LogP contribution in [-0.2, 0) is 6.54 Å². The first-order valence-corrected chi connectivity index (χ1v) is 12.3. The van der Waals surface area contributed by atoms with Crippen molar-refractivity contribution in [2.45, 2.75) is 39.2 Å². The minimum Gasteiger partial charge on any atom is -0.478 e. The van der Waals surface area contributed by atoms with E-state index in [9.17, 15) is 14.7 Å². The summed E-state index contributed by atoms with van der Waals surface area (Å²) in [6.45, 7) is 6.64. The molecule has 0 fully saturated rings. The number of benzene rings is 3. The van der Waals surface area contributed by atoms with E-state index in [1.807, 2.05) is 65.2 Å². The van der Waals surface area contributed by atoms with Crippen LogP contribution in [0.15, 0.2) is 83.7 Å². The van der Waals surface area contributed by atoms with Gasteiger partial charge in [-0.25, -0.2) is 14.9 Å². The molecule has 0 bridgehead atoms. The fourth-order valence-corrected chi connectivity index (χ4v) is 4.79. The summed E-state index contributed by atoms with van der Waals surface area (Å²) in [5, 5.41) is 16.7. The van der Waals surface area contributed by atoms with Crippen LogP contribution in [0, 0.1) is 0 Å². The number of rotatable bonds is 7. The van der Waals surface area contributed by atoms with Gasteiger partial charge in [-0.3, -0.25) is 4.79 Å². The zero-order chi connectivity index (χ0) is 26.1. The van der Waals surface area contributed by atoms with E-state index in [-0.39, 0.29) is 23.0 Å². The van der Waals surface area contributed by atoms with Gasteiger partial charge in [0.05, 0.1) is 11.3 Å². The number of hydrogen-bond donors (Lipinski definition) is 2. The molecular formula is C30H28N4O3. The highest BCUT2D eigenvalue weighted by molar-refractivity contribution is 5.96. The first-order chi connectivity index (χ1) is 17.8. The van der Waals surface area contributed by atoms with Crippen LogP contribution in [0.25, 0.3) is 22.2 Å². The Kier molecular flexibility index (Phi) is 6.44. The Morgan fingerprint density at radius 2 is 1.62 bits per heavy atom. The van der Waals surface area contributed by atoms with E-state index in [2.05, 4.69) is 31.0 Å². The molecule has 3 aromatic carbocycles. The van der Waals surface area contributed by atoms with Crippen LogP contribution in [0.5, 0.6) is 0 Å². The van der Waals surface area contributed by atoms with Crippen LogP contribution in [0.1, 0.15) is 65.6 Å². The van der Waals surface area contributed by atoms with E-state index in [0.29, 0.717) is 23.1 Å². The number of aromatic amines is 1. The summed E-state index contributed by atoms with van der Waals surface area (Å²) in [5.41, 5.74) is 5.42. The van der Waals surface area contributed by atoms with Gasteiger partial charge >= 0.3 is 5.97 Å². The highest BCUT2D eigenvalue weighted by Crippen LogP contribution is 2.30. The van der Waals surface area contributed by atoms with Crippen LogP contribution < -0.4 is 5.56 Å². The first-order valence-electron chi connectivity index (χ1n) is 12.3.